The third kappa shape index (κ3) is 4.48. The molecular weight excluding hydrogens is 314 g/mol. The van der Waals surface area contributed by atoms with Crippen LogP contribution in [0.5, 0.6) is 0 Å². The molecule has 1 fully saturated rings. The Bertz CT molecular complexity index is 685. The van der Waals surface area contributed by atoms with Crippen molar-refractivity contribution in [3.05, 3.63) is 18.0 Å². The molecule has 1 saturated carbocycles. The fourth-order valence-electron chi connectivity index (χ4n) is 3.72. The molecule has 138 valence electrons. The number of aromatic nitrogens is 4. The molecule has 0 spiro atoms. The van der Waals surface area contributed by atoms with Gasteiger partial charge >= 0.3 is 0 Å². The van der Waals surface area contributed by atoms with Crippen LogP contribution in [-0.4, -0.2) is 38.1 Å². The predicted octanol–water partition coefficient (Wildman–Crippen LogP) is 3.41. The lowest BCUT2D eigenvalue weighted by Gasteiger charge is -2.25. The third-order valence-electron chi connectivity index (χ3n) is 5.16. The van der Waals surface area contributed by atoms with Gasteiger partial charge in [0, 0.05) is 18.6 Å². The number of anilines is 1. The quantitative estimate of drug-likeness (QED) is 0.839. The van der Waals surface area contributed by atoms with Gasteiger partial charge < -0.3 is 10.4 Å². The fourth-order valence-corrected chi connectivity index (χ4v) is 3.72. The van der Waals surface area contributed by atoms with E-state index in [9.17, 15) is 5.11 Å². The molecule has 1 atom stereocenters. The molecule has 3 rings (SSSR count). The highest BCUT2D eigenvalue weighted by molar-refractivity contribution is 5.44. The first-order valence-electron chi connectivity index (χ1n) is 9.55. The lowest BCUT2D eigenvalue weighted by molar-refractivity contribution is 0.192. The summed E-state index contributed by atoms with van der Waals surface area (Å²) in [6, 6.07) is 3.87. The Balaban J connectivity index is 1.65. The molecule has 0 saturated heterocycles. The first-order chi connectivity index (χ1) is 12.0. The van der Waals surface area contributed by atoms with Crippen LogP contribution in [0.4, 0.5) is 5.82 Å². The van der Waals surface area contributed by atoms with Gasteiger partial charge in [-0.05, 0) is 30.4 Å². The van der Waals surface area contributed by atoms with E-state index in [1.54, 1.807) is 0 Å². The van der Waals surface area contributed by atoms with Gasteiger partial charge in [-0.1, -0.05) is 52.9 Å². The largest absolute Gasteiger partial charge is 0.396 e. The summed E-state index contributed by atoms with van der Waals surface area (Å²) in [6.07, 6.45) is 7.80. The zero-order chi connectivity index (χ0) is 17.9. The van der Waals surface area contributed by atoms with Gasteiger partial charge in [0.2, 0.25) is 0 Å². The number of nitrogens with zero attached hydrogens (tertiary/aromatic N) is 4. The van der Waals surface area contributed by atoms with E-state index in [0.717, 1.165) is 36.2 Å². The summed E-state index contributed by atoms with van der Waals surface area (Å²) in [5.74, 6) is 2.71. The molecule has 2 aromatic heterocycles. The molecule has 0 amide bonds. The summed E-state index contributed by atoms with van der Waals surface area (Å²) in [5.41, 5.74) is 0.649. The average Bonchev–Trinajstić information content (AvgIpc) is 3.03. The van der Waals surface area contributed by atoms with Crippen LogP contribution in [-0.2, 0) is 5.41 Å². The highest BCUT2D eigenvalue weighted by atomic mass is 16.3. The van der Waals surface area contributed by atoms with E-state index >= 15 is 0 Å². The molecule has 2 heterocycles. The lowest BCUT2D eigenvalue weighted by Crippen LogP contribution is -2.23. The van der Waals surface area contributed by atoms with Crippen LogP contribution in [0.2, 0.25) is 0 Å². The first kappa shape index (κ1) is 18.1. The number of fused-ring (bicyclic) bond motifs is 1. The Kier molecular flexibility index (Phi) is 5.57. The molecule has 1 aliphatic carbocycles. The SMILES string of the molecule is CC(C)(C)c1nnc2ccc(NCC(CO)CC3CCCCC3)nn12. The average molecular weight is 345 g/mol. The van der Waals surface area contributed by atoms with Gasteiger partial charge in [-0.3, -0.25) is 0 Å². The van der Waals surface area contributed by atoms with Gasteiger partial charge in [0.1, 0.15) is 5.82 Å². The van der Waals surface area contributed by atoms with Gasteiger partial charge in [0.05, 0.1) is 0 Å². The minimum atomic E-state index is -0.111. The van der Waals surface area contributed by atoms with E-state index in [4.69, 9.17) is 0 Å². The summed E-state index contributed by atoms with van der Waals surface area (Å²) < 4.78 is 1.82. The van der Waals surface area contributed by atoms with Crippen LogP contribution in [0.15, 0.2) is 12.1 Å². The Morgan fingerprint density at radius 2 is 1.96 bits per heavy atom. The second-order valence-electron chi connectivity index (χ2n) is 8.43. The first-order valence-corrected chi connectivity index (χ1v) is 9.55. The number of rotatable bonds is 6. The number of hydrogen-bond donors (Lipinski definition) is 2. The summed E-state index contributed by atoms with van der Waals surface area (Å²) in [6.45, 7) is 7.30. The molecule has 1 unspecified atom stereocenters. The van der Waals surface area contributed by atoms with E-state index in [2.05, 4.69) is 41.4 Å². The smallest absolute Gasteiger partial charge is 0.178 e. The molecular formula is C19H31N5O. The van der Waals surface area contributed by atoms with E-state index < -0.39 is 0 Å². The van der Waals surface area contributed by atoms with Crippen molar-refractivity contribution in [2.75, 3.05) is 18.5 Å². The predicted molar refractivity (Wildman–Crippen MR) is 99.7 cm³/mol. The van der Waals surface area contributed by atoms with Crippen molar-refractivity contribution in [2.45, 2.75) is 64.7 Å². The zero-order valence-corrected chi connectivity index (χ0v) is 15.7. The van der Waals surface area contributed by atoms with Crippen molar-refractivity contribution in [1.29, 1.82) is 0 Å². The van der Waals surface area contributed by atoms with Gasteiger partial charge in [-0.25, -0.2) is 0 Å². The van der Waals surface area contributed by atoms with Gasteiger partial charge in [0.15, 0.2) is 11.5 Å². The van der Waals surface area contributed by atoms with Crippen LogP contribution in [0.3, 0.4) is 0 Å². The highest BCUT2D eigenvalue weighted by Gasteiger charge is 2.22. The zero-order valence-electron chi connectivity index (χ0n) is 15.7. The summed E-state index contributed by atoms with van der Waals surface area (Å²) >= 11 is 0. The van der Waals surface area contributed by atoms with Crippen LogP contribution in [0, 0.1) is 11.8 Å². The molecule has 0 radical (unpaired) electrons. The standard InChI is InChI=1S/C19H31N5O/c1-19(2,3)18-22-21-17-10-9-16(23-24(17)18)20-12-15(13-25)11-14-7-5-4-6-8-14/h9-10,14-15,25H,4-8,11-13H2,1-3H3,(H,20,23). The highest BCUT2D eigenvalue weighted by Crippen LogP contribution is 2.29. The second kappa shape index (κ2) is 7.68. The maximum Gasteiger partial charge on any atom is 0.178 e. The topological polar surface area (TPSA) is 75.3 Å². The molecule has 6 heteroatoms. The number of aliphatic hydroxyl groups excluding tert-OH is 1. The molecule has 0 aromatic carbocycles. The maximum atomic E-state index is 9.74. The summed E-state index contributed by atoms with van der Waals surface area (Å²) in [7, 11) is 0. The number of hydrogen-bond acceptors (Lipinski definition) is 5. The molecule has 2 aromatic rings. The van der Waals surface area contributed by atoms with Crippen molar-refractivity contribution in [3.8, 4) is 0 Å². The Labute approximate surface area is 150 Å². The van der Waals surface area contributed by atoms with Crippen molar-refractivity contribution >= 4 is 11.5 Å². The van der Waals surface area contributed by atoms with E-state index in [1.165, 1.54) is 32.1 Å². The van der Waals surface area contributed by atoms with E-state index in [-0.39, 0.29) is 17.9 Å². The Morgan fingerprint density at radius 1 is 1.20 bits per heavy atom. The Morgan fingerprint density at radius 3 is 2.64 bits per heavy atom. The molecule has 25 heavy (non-hydrogen) atoms. The maximum absolute atomic E-state index is 9.74. The van der Waals surface area contributed by atoms with Crippen molar-refractivity contribution in [3.63, 3.8) is 0 Å². The van der Waals surface area contributed by atoms with Gasteiger partial charge in [-0.2, -0.15) is 4.52 Å². The molecule has 6 nitrogen and oxygen atoms in total. The third-order valence-corrected chi connectivity index (χ3v) is 5.16. The van der Waals surface area contributed by atoms with Crippen LogP contribution in [0.1, 0.15) is 65.1 Å². The summed E-state index contributed by atoms with van der Waals surface area (Å²) in [5, 5.41) is 26.3. The monoisotopic (exact) mass is 345 g/mol. The van der Waals surface area contributed by atoms with Crippen molar-refractivity contribution < 1.29 is 5.11 Å². The van der Waals surface area contributed by atoms with Crippen LogP contribution in [0.25, 0.3) is 5.65 Å². The number of aliphatic hydroxyl groups is 1. The lowest BCUT2D eigenvalue weighted by atomic mass is 9.83. The minimum absolute atomic E-state index is 0.111. The number of nitrogens with one attached hydrogen (secondary N) is 1. The summed E-state index contributed by atoms with van der Waals surface area (Å²) in [4.78, 5) is 0. The van der Waals surface area contributed by atoms with Crippen molar-refractivity contribution in [1.82, 2.24) is 19.8 Å². The second-order valence-corrected chi connectivity index (χ2v) is 8.43. The minimum Gasteiger partial charge on any atom is -0.396 e. The van der Waals surface area contributed by atoms with Crippen LogP contribution >= 0.6 is 0 Å². The Hall–Kier alpha value is -1.69. The molecule has 0 aliphatic heterocycles. The molecule has 0 bridgehead atoms. The van der Waals surface area contributed by atoms with E-state index in [1.807, 2.05) is 16.6 Å². The normalized spacial score (nSPS) is 17.8. The molecule has 2 N–H and O–H groups in total. The van der Waals surface area contributed by atoms with Gasteiger partial charge in [-0.15, -0.1) is 15.3 Å². The van der Waals surface area contributed by atoms with Crippen LogP contribution < -0.4 is 5.32 Å². The molecule has 1 aliphatic rings. The van der Waals surface area contributed by atoms with Gasteiger partial charge in [0.25, 0.3) is 0 Å². The van der Waals surface area contributed by atoms with E-state index in [0.29, 0.717) is 0 Å². The van der Waals surface area contributed by atoms with Crippen molar-refractivity contribution in [2.24, 2.45) is 11.8 Å². The fraction of sp³-hybridized carbons (Fsp3) is 0.737.